The minimum Gasteiger partial charge on any atom is -0.380 e. The monoisotopic (exact) mass is 355 g/mol. The largest absolute Gasteiger partial charge is 0.380 e. The van der Waals surface area contributed by atoms with Gasteiger partial charge in [0.05, 0.1) is 0 Å². The summed E-state index contributed by atoms with van der Waals surface area (Å²) in [5, 5.41) is 12.6. The number of hydrogen-bond donors (Lipinski definition) is 1. The summed E-state index contributed by atoms with van der Waals surface area (Å²) in [6.07, 6.45) is 5.16. The first-order valence-electron chi connectivity index (χ1n) is 8.89. The Morgan fingerprint density at radius 1 is 1.16 bits per heavy atom. The van der Waals surface area contributed by atoms with Gasteiger partial charge in [0.25, 0.3) is 0 Å². The van der Waals surface area contributed by atoms with Gasteiger partial charge in [-0.3, -0.25) is 0 Å². The van der Waals surface area contributed by atoms with Crippen molar-refractivity contribution in [3.8, 4) is 0 Å². The second kappa shape index (κ2) is 7.74. The Bertz CT molecular complexity index is 741. The lowest BCUT2D eigenvalue weighted by molar-refractivity contribution is -0.0174. The van der Waals surface area contributed by atoms with Crippen LogP contribution in [-0.4, -0.2) is 30.6 Å². The van der Waals surface area contributed by atoms with E-state index < -0.39 is 5.60 Å². The van der Waals surface area contributed by atoms with E-state index in [2.05, 4.69) is 37.2 Å². The highest BCUT2D eigenvalue weighted by atomic mass is 35.5. The van der Waals surface area contributed by atoms with Crippen molar-refractivity contribution in [3.05, 3.63) is 76.3 Å². The van der Waals surface area contributed by atoms with Crippen LogP contribution in [0.4, 0.5) is 0 Å². The molecule has 0 bridgehead atoms. The first-order chi connectivity index (χ1) is 12.0. The summed E-state index contributed by atoms with van der Waals surface area (Å²) >= 11 is 6.25. The van der Waals surface area contributed by atoms with Crippen LogP contribution >= 0.6 is 11.6 Å². The molecule has 0 heterocycles. The van der Waals surface area contributed by atoms with E-state index in [1.54, 1.807) is 0 Å². The zero-order valence-electron chi connectivity index (χ0n) is 15.0. The van der Waals surface area contributed by atoms with Gasteiger partial charge in [-0.1, -0.05) is 60.1 Å². The van der Waals surface area contributed by atoms with Crippen LogP contribution in [-0.2, 0) is 5.60 Å². The van der Waals surface area contributed by atoms with E-state index in [1.807, 2.05) is 42.5 Å². The molecule has 1 saturated carbocycles. The average Bonchev–Trinajstić information content (AvgIpc) is 2.59. The average molecular weight is 356 g/mol. The van der Waals surface area contributed by atoms with E-state index in [0.29, 0.717) is 5.02 Å². The molecule has 1 fully saturated rings. The van der Waals surface area contributed by atoms with Gasteiger partial charge in [-0.2, -0.15) is 0 Å². The predicted molar refractivity (Wildman–Crippen MR) is 106 cm³/mol. The fourth-order valence-corrected chi connectivity index (χ4v) is 4.13. The highest BCUT2D eigenvalue weighted by molar-refractivity contribution is 6.30. The Morgan fingerprint density at radius 2 is 1.92 bits per heavy atom. The molecule has 3 rings (SSSR count). The Labute approximate surface area is 155 Å². The zero-order valence-corrected chi connectivity index (χ0v) is 15.7. The van der Waals surface area contributed by atoms with E-state index in [0.717, 1.165) is 42.5 Å². The fraction of sp³-hybridized carbons (Fsp3) is 0.364. The Morgan fingerprint density at radius 3 is 2.60 bits per heavy atom. The van der Waals surface area contributed by atoms with Gasteiger partial charge in [-0.15, -0.1) is 0 Å². The maximum atomic E-state index is 11.9. The lowest BCUT2D eigenvalue weighted by atomic mass is 9.67. The molecule has 25 heavy (non-hydrogen) atoms. The molecule has 1 N–H and O–H groups in total. The molecule has 3 heteroatoms. The van der Waals surface area contributed by atoms with E-state index in [4.69, 9.17) is 11.6 Å². The van der Waals surface area contributed by atoms with Gasteiger partial charge in [0, 0.05) is 17.5 Å². The van der Waals surface area contributed by atoms with E-state index in [9.17, 15) is 5.11 Å². The van der Waals surface area contributed by atoms with E-state index >= 15 is 0 Å². The third-order valence-electron chi connectivity index (χ3n) is 5.07. The van der Waals surface area contributed by atoms with Gasteiger partial charge in [0.15, 0.2) is 0 Å². The number of nitrogens with zero attached hydrogens (tertiary/aromatic N) is 1. The summed E-state index contributed by atoms with van der Waals surface area (Å²) in [4.78, 5) is 2.16. The predicted octanol–water partition coefficient (Wildman–Crippen LogP) is 4.97. The normalized spacial score (nSPS) is 25.5. The summed E-state index contributed by atoms with van der Waals surface area (Å²) < 4.78 is 0. The molecule has 0 spiro atoms. The summed E-state index contributed by atoms with van der Waals surface area (Å²) in [7, 11) is 4.13. The number of halogens is 1. The maximum Gasteiger partial charge on any atom is 0.115 e. The summed E-state index contributed by atoms with van der Waals surface area (Å²) in [5.74, 6) is 0.143. The lowest BCUT2D eigenvalue weighted by Crippen LogP contribution is -2.44. The van der Waals surface area contributed by atoms with Crippen LogP contribution in [0.15, 0.2) is 60.2 Å². The molecule has 2 atom stereocenters. The molecular weight excluding hydrogens is 330 g/mol. The topological polar surface area (TPSA) is 23.5 Å². The number of aliphatic hydroxyl groups is 1. The van der Waals surface area contributed by atoms with Crippen molar-refractivity contribution in [1.82, 2.24) is 4.90 Å². The number of rotatable bonds is 4. The molecular formula is C22H26ClNO. The third-order valence-corrected chi connectivity index (χ3v) is 5.30. The molecule has 2 unspecified atom stereocenters. The standard InChI is InChI=1S/C22H26ClNO/c1-24(2)16-20-12-6-10-18(14-17-8-4-3-5-9-17)22(20,25)19-11-7-13-21(23)15-19/h3-5,7-9,11,13-15,20,25H,6,10,12,16H2,1-2H3/b18-14-. The molecule has 132 valence electrons. The number of hydrogen-bond acceptors (Lipinski definition) is 2. The molecule has 1 aliphatic rings. The minimum absolute atomic E-state index is 0.143. The van der Waals surface area contributed by atoms with Crippen molar-refractivity contribution in [2.45, 2.75) is 24.9 Å². The van der Waals surface area contributed by atoms with Crippen LogP contribution in [0.5, 0.6) is 0 Å². The highest BCUT2D eigenvalue weighted by Crippen LogP contribution is 2.46. The molecule has 0 radical (unpaired) electrons. The van der Waals surface area contributed by atoms with Crippen molar-refractivity contribution >= 4 is 17.7 Å². The minimum atomic E-state index is -0.983. The van der Waals surface area contributed by atoms with Gasteiger partial charge in [-0.25, -0.2) is 0 Å². The smallest absolute Gasteiger partial charge is 0.115 e. The van der Waals surface area contributed by atoms with Crippen LogP contribution in [0.3, 0.4) is 0 Å². The van der Waals surface area contributed by atoms with Crippen molar-refractivity contribution in [2.24, 2.45) is 5.92 Å². The van der Waals surface area contributed by atoms with Crippen LogP contribution in [0.1, 0.15) is 30.4 Å². The molecule has 2 aromatic carbocycles. The zero-order chi connectivity index (χ0) is 17.9. The van der Waals surface area contributed by atoms with E-state index in [1.165, 1.54) is 0 Å². The molecule has 2 aromatic rings. The van der Waals surface area contributed by atoms with Crippen LogP contribution in [0.25, 0.3) is 6.08 Å². The second-order valence-electron chi connectivity index (χ2n) is 7.21. The van der Waals surface area contributed by atoms with Crippen molar-refractivity contribution in [1.29, 1.82) is 0 Å². The summed E-state index contributed by atoms with van der Waals surface area (Å²) in [6.45, 7) is 0.842. The quantitative estimate of drug-likeness (QED) is 0.836. The molecule has 0 saturated heterocycles. The Balaban J connectivity index is 2.10. The molecule has 2 nitrogen and oxygen atoms in total. The lowest BCUT2D eigenvalue weighted by Gasteiger charge is -2.44. The van der Waals surface area contributed by atoms with Crippen LogP contribution in [0.2, 0.25) is 5.02 Å². The van der Waals surface area contributed by atoms with Gasteiger partial charge in [0.1, 0.15) is 5.60 Å². The SMILES string of the molecule is CN(C)CC1CCC/C(=C/c2ccccc2)C1(O)c1cccc(Cl)c1. The van der Waals surface area contributed by atoms with Gasteiger partial charge >= 0.3 is 0 Å². The molecule has 0 amide bonds. The van der Waals surface area contributed by atoms with Crippen LogP contribution in [0, 0.1) is 5.92 Å². The second-order valence-corrected chi connectivity index (χ2v) is 7.64. The Hall–Kier alpha value is -1.61. The molecule has 0 aromatic heterocycles. The van der Waals surface area contributed by atoms with E-state index in [-0.39, 0.29) is 5.92 Å². The Kier molecular flexibility index (Phi) is 5.63. The molecule has 0 aliphatic heterocycles. The van der Waals surface area contributed by atoms with Gasteiger partial charge in [0.2, 0.25) is 0 Å². The summed E-state index contributed by atoms with van der Waals surface area (Å²) in [5.41, 5.74) is 2.12. The molecule has 1 aliphatic carbocycles. The van der Waals surface area contributed by atoms with Crippen LogP contribution < -0.4 is 0 Å². The summed E-state index contributed by atoms with van der Waals surface area (Å²) in [6, 6.07) is 17.9. The third kappa shape index (κ3) is 3.98. The first-order valence-corrected chi connectivity index (χ1v) is 9.27. The highest BCUT2D eigenvalue weighted by Gasteiger charge is 2.44. The van der Waals surface area contributed by atoms with Crippen molar-refractivity contribution in [3.63, 3.8) is 0 Å². The maximum absolute atomic E-state index is 11.9. The van der Waals surface area contributed by atoms with Crippen molar-refractivity contribution in [2.75, 3.05) is 20.6 Å². The number of benzene rings is 2. The first kappa shape index (κ1) is 18.2. The fourth-order valence-electron chi connectivity index (χ4n) is 3.94. The van der Waals surface area contributed by atoms with Crippen molar-refractivity contribution < 1.29 is 5.11 Å². The van der Waals surface area contributed by atoms with Gasteiger partial charge < -0.3 is 10.0 Å². The van der Waals surface area contributed by atoms with Gasteiger partial charge in [-0.05, 0) is 62.2 Å².